The molecule has 0 atom stereocenters. The normalized spacial score (nSPS) is 9.94. The fourth-order valence-electron chi connectivity index (χ4n) is 4.00. The third kappa shape index (κ3) is 86.4. The Morgan fingerprint density at radius 2 is 0.750 bits per heavy atom. The minimum absolute atomic E-state index is 0.0625. The Morgan fingerprint density at radius 1 is 0.481 bits per heavy atom. The topological polar surface area (TPSA) is 161 Å². The van der Waals surface area contributed by atoms with Gasteiger partial charge in [-0.05, 0) is 80.1 Å². The summed E-state index contributed by atoms with van der Waals surface area (Å²) in [5.41, 5.74) is 0. The van der Waals surface area contributed by atoms with E-state index < -0.39 is 5.97 Å². The molecule has 0 spiro atoms. The van der Waals surface area contributed by atoms with Gasteiger partial charge >= 0.3 is 63.4 Å². The van der Waals surface area contributed by atoms with Crippen molar-refractivity contribution in [2.24, 2.45) is 0 Å². The van der Waals surface area contributed by atoms with Gasteiger partial charge in [-0.1, -0.05) is 83.3 Å². The first-order valence-electron chi connectivity index (χ1n) is 19.2. The predicted molar refractivity (Wildman–Crippen MR) is 210 cm³/mol. The Morgan fingerprint density at radius 3 is 0.981 bits per heavy atom. The van der Waals surface area contributed by atoms with Crippen LogP contribution in [0.5, 0.6) is 0 Å². The van der Waals surface area contributed by atoms with Crippen molar-refractivity contribution in [3.05, 3.63) is 12.2 Å². The third-order valence-corrected chi connectivity index (χ3v) is 7.60. The van der Waals surface area contributed by atoms with Gasteiger partial charge < -0.3 is 9.90 Å². The maximum absolute atomic E-state index is 10.2. The molecule has 11 heteroatoms. The number of carbonyl (C=O) groups excluding carboxylic acids is 7. The van der Waals surface area contributed by atoms with Crippen LogP contribution in [0.4, 0.5) is 0 Å². The zero-order valence-electron chi connectivity index (χ0n) is 34.9. The van der Waals surface area contributed by atoms with Crippen molar-refractivity contribution in [3.63, 3.8) is 0 Å². The summed E-state index contributed by atoms with van der Waals surface area (Å²) in [4.78, 5) is 70.4. The monoisotopic (exact) mass is 755 g/mol. The van der Waals surface area contributed by atoms with E-state index in [0.29, 0.717) is 12.2 Å². The van der Waals surface area contributed by atoms with Crippen LogP contribution in [0, 0.1) is 0 Å². The van der Waals surface area contributed by atoms with E-state index in [9.17, 15) is 38.7 Å². The van der Waals surface area contributed by atoms with E-state index >= 15 is 0 Å². The molecule has 10 nitrogen and oxygen atoms in total. The number of carboxylic acids is 1. The number of carboxylic acid groups (broad SMARTS) is 1. The van der Waals surface area contributed by atoms with Crippen LogP contribution >= 0.6 is 0 Å². The Kier molecular flexibility index (Phi) is 53.0. The molecule has 0 aliphatic heterocycles. The number of rotatable bonds is 27. The first-order valence-corrected chi connectivity index (χ1v) is 20.2. The summed E-state index contributed by atoms with van der Waals surface area (Å²) in [5, 5.41) is 10.2. The Labute approximate surface area is 324 Å². The number of carbonyl (C=O) groups is 7. The first-order chi connectivity index (χ1) is 24.3. The van der Waals surface area contributed by atoms with Crippen LogP contribution in [-0.2, 0) is 41.1 Å². The van der Waals surface area contributed by atoms with E-state index in [2.05, 4.69) is 19.1 Å². The summed E-state index contributed by atoms with van der Waals surface area (Å²) in [6.45, 7) is 18.7. The fraction of sp³-hybridized carbons (Fsp3) is 0.780. The zero-order chi connectivity index (χ0) is 41.2. The Balaban J connectivity index is -0.000000201. The van der Waals surface area contributed by atoms with E-state index in [1.54, 1.807) is 0 Å². The number of ketones is 6. The fourth-order valence-corrected chi connectivity index (χ4v) is 4.51. The summed E-state index contributed by atoms with van der Waals surface area (Å²) in [6, 6.07) is 0. The molecular formula is C41H75AlO10. The molecule has 0 saturated heterocycles. The number of unbranched alkanes of at least 4 members (excludes halogenated alkanes) is 13. The average Bonchev–Trinajstić information content (AvgIpc) is 2.97. The molecule has 0 saturated carbocycles. The van der Waals surface area contributed by atoms with Crippen LogP contribution in [0.3, 0.4) is 0 Å². The Bertz CT molecular complexity index is 836. The van der Waals surface area contributed by atoms with Gasteiger partial charge in [0, 0.05) is 5.97 Å². The van der Waals surface area contributed by atoms with Crippen LogP contribution < -0.4 is 5.11 Å². The second-order valence-electron chi connectivity index (χ2n) is 13.6. The van der Waals surface area contributed by atoms with Crippen molar-refractivity contribution in [2.75, 3.05) is 0 Å². The maximum atomic E-state index is 10.2. The van der Waals surface area contributed by atoms with Crippen molar-refractivity contribution in [3.8, 4) is 0 Å². The molecule has 0 heterocycles. The van der Waals surface area contributed by atoms with Crippen molar-refractivity contribution in [2.45, 2.75) is 210 Å². The van der Waals surface area contributed by atoms with Gasteiger partial charge in [0.2, 0.25) is 0 Å². The smallest absolute Gasteiger partial charge is 0.0414 e. The molecule has 302 valence electrons. The first kappa shape index (κ1) is 59.0. The van der Waals surface area contributed by atoms with Crippen molar-refractivity contribution < 1.29 is 46.2 Å². The van der Waals surface area contributed by atoms with Gasteiger partial charge in [-0.15, -0.1) is 0 Å². The van der Waals surface area contributed by atoms with Crippen LogP contribution in [0.25, 0.3) is 0 Å². The summed E-state index contributed by atoms with van der Waals surface area (Å²) >= 11 is -0.245. The molecule has 0 fully saturated rings. The summed E-state index contributed by atoms with van der Waals surface area (Å²) in [5.74, 6) is -1.28. The summed E-state index contributed by atoms with van der Waals surface area (Å²) < 4.78 is 10.4. The molecule has 0 unspecified atom stereocenters. The molecule has 0 rings (SSSR count). The third-order valence-electron chi connectivity index (χ3n) is 6.29. The van der Waals surface area contributed by atoms with E-state index in [1.165, 1.54) is 125 Å². The molecule has 0 N–H and O–H groups in total. The number of hydrogen-bond acceptors (Lipinski definition) is 10. The van der Waals surface area contributed by atoms with E-state index in [0.717, 1.165) is 12.8 Å². The molecule has 0 aromatic carbocycles. The van der Waals surface area contributed by atoms with Crippen LogP contribution in [0.1, 0.15) is 198 Å². The minimum atomic E-state index is -0.909. The predicted octanol–water partition coefficient (Wildman–Crippen LogP) is 8.59. The molecule has 52 heavy (non-hydrogen) atoms. The minimum Gasteiger partial charge on any atom is -0.550 e. The van der Waals surface area contributed by atoms with Gasteiger partial charge in [-0.2, -0.15) is 0 Å². The average molecular weight is 755 g/mol. The molecule has 0 aromatic heterocycles. The SMILES string of the molecule is CC(=O)CC(C)=O.CC(=O)CC(C)=O.CC(=O)CC(C)=O.CC(C)[O][Al+][O]C(C)C.CCCCCCCCC=CCCCCCCCCCC(=O)[O-]. The zero-order valence-corrected chi connectivity index (χ0v) is 36.1. The van der Waals surface area contributed by atoms with Gasteiger partial charge in [-0.3, -0.25) is 28.8 Å². The van der Waals surface area contributed by atoms with Crippen molar-refractivity contribution in [1.82, 2.24) is 0 Å². The number of aliphatic carboxylic acids is 1. The van der Waals surface area contributed by atoms with Crippen molar-refractivity contribution in [1.29, 1.82) is 0 Å². The summed E-state index contributed by atoms with van der Waals surface area (Å²) in [7, 11) is 0. The van der Waals surface area contributed by atoms with E-state index in [-0.39, 0.29) is 76.3 Å². The standard InChI is InChI=1S/C20H38O2.3C5H8O2.2C3H7O.Al/c1-2-3-4-5-6-7-8-9-10-11-12-13-14-15-16-17-18-19-20(21)22;3*1-4(6)3-5(2)7;2*1-3(2)4;/h9-10H,2-8,11-19H2,1H3,(H,21,22);3*3H2,1-2H3;2*3H,1-2H3;/q;;;;2*-1;+3/p-1. The van der Waals surface area contributed by atoms with Gasteiger partial charge in [0.1, 0.15) is 34.7 Å². The molecule has 0 aliphatic rings. The quantitative estimate of drug-likeness (QED) is 0.0344. The van der Waals surface area contributed by atoms with Crippen LogP contribution in [0.2, 0.25) is 0 Å². The molecule has 0 amide bonds. The molecule has 0 aromatic rings. The van der Waals surface area contributed by atoms with Gasteiger partial charge in [-0.25, -0.2) is 0 Å². The summed E-state index contributed by atoms with van der Waals surface area (Å²) in [6.07, 6.45) is 24.7. The van der Waals surface area contributed by atoms with Crippen LogP contribution in [-0.4, -0.2) is 68.8 Å². The number of Topliss-reactive ketones (excluding diaryl/α,β-unsaturated/α-hetero) is 6. The van der Waals surface area contributed by atoms with E-state index in [1.807, 2.05) is 27.7 Å². The molecule has 0 radical (unpaired) electrons. The van der Waals surface area contributed by atoms with E-state index in [4.69, 9.17) is 7.58 Å². The van der Waals surface area contributed by atoms with Gasteiger partial charge in [0.05, 0.1) is 19.3 Å². The largest absolute Gasteiger partial charge is 0.550 e. The van der Waals surface area contributed by atoms with Gasteiger partial charge in [0.25, 0.3) is 0 Å². The Hall–Kier alpha value is -2.32. The molecular weight excluding hydrogens is 679 g/mol. The maximum Gasteiger partial charge on any atom is 0.0414 e. The van der Waals surface area contributed by atoms with Crippen LogP contribution in [0.15, 0.2) is 12.2 Å². The van der Waals surface area contributed by atoms with Crippen molar-refractivity contribution >= 4 is 56.6 Å². The second kappa shape index (κ2) is 46.7. The second-order valence-corrected chi connectivity index (χ2v) is 14.4. The number of allylic oxidation sites excluding steroid dienone is 2. The van der Waals surface area contributed by atoms with Gasteiger partial charge in [0.15, 0.2) is 0 Å². The molecule has 0 aliphatic carbocycles. The molecule has 0 bridgehead atoms. The number of hydrogen-bond donors (Lipinski definition) is 0.